The summed E-state index contributed by atoms with van der Waals surface area (Å²) < 4.78 is 5.72. The number of para-hydroxylation sites is 1. The van der Waals surface area contributed by atoms with Crippen LogP contribution in [0.5, 0.6) is 5.75 Å². The smallest absolute Gasteiger partial charge is 0.291 e. The van der Waals surface area contributed by atoms with Crippen LogP contribution < -0.4 is 20.3 Å². The topological polar surface area (TPSA) is 53.6 Å². The highest BCUT2D eigenvalue weighted by Gasteiger charge is 2.18. The Bertz CT molecular complexity index is 793. The number of rotatable bonds is 3. The maximum atomic E-state index is 12.4. The molecule has 4 rings (SSSR count). The van der Waals surface area contributed by atoms with Crippen molar-refractivity contribution in [3.63, 3.8) is 0 Å². The Hall–Kier alpha value is -2.79. The molecule has 0 bridgehead atoms. The van der Waals surface area contributed by atoms with Gasteiger partial charge in [-0.2, -0.15) is 0 Å². The molecule has 1 fully saturated rings. The molecule has 0 saturated carbocycles. The molecular formula is C20H21N3O2. The molecular weight excluding hydrogens is 314 g/mol. The van der Waals surface area contributed by atoms with Crippen LogP contribution in [0.15, 0.2) is 60.4 Å². The number of piperazine rings is 1. The monoisotopic (exact) mass is 335 g/mol. The molecule has 1 amide bonds. The summed E-state index contributed by atoms with van der Waals surface area (Å²) in [4.78, 5) is 14.8. The average Bonchev–Trinajstić information content (AvgIpc) is 2.69. The second-order valence-corrected chi connectivity index (χ2v) is 6.22. The van der Waals surface area contributed by atoms with Crippen molar-refractivity contribution in [2.75, 3.05) is 36.4 Å². The molecule has 5 nitrogen and oxygen atoms in total. The number of anilines is 2. The van der Waals surface area contributed by atoms with Gasteiger partial charge in [0.15, 0.2) is 5.76 Å². The lowest BCUT2D eigenvalue weighted by Gasteiger charge is -2.29. The third-order valence-corrected chi connectivity index (χ3v) is 4.53. The van der Waals surface area contributed by atoms with Crippen LogP contribution in [0.2, 0.25) is 0 Å². The predicted molar refractivity (Wildman–Crippen MR) is 99.0 cm³/mol. The van der Waals surface area contributed by atoms with Crippen LogP contribution in [0.3, 0.4) is 0 Å². The van der Waals surface area contributed by atoms with Gasteiger partial charge in [0.1, 0.15) is 5.75 Å². The summed E-state index contributed by atoms with van der Waals surface area (Å²) in [6.45, 7) is 4.02. The van der Waals surface area contributed by atoms with E-state index < -0.39 is 0 Å². The van der Waals surface area contributed by atoms with Gasteiger partial charge in [0.05, 0.1) is 0 Å². The van der Waals surface area contributed by atoms with Gasteiger partial charge in [0, 0.05) is 37.6 Å². The summed E-state index contributed by atoms with van der Waals surface area (Å²) >= 11 is 0. The van der Waals surface area contributed by atoms with Gasteiger partial charge in [0.2, 0.25) is 0 Å². The summed E-state index contributed by atoms with van der Waals surface area (Å²) in [7, 11) is 0. The zero-order chi connectivity index (χ0) is 17.1. The number of carbonyl (C=O) groups excluding carboxylic acids is 1. The van der Waals surface area contributed by atoms with Crippen molar-refractivity contribution < 1.29 is 9.53 Å². The Morgan fingerprint density at radius 2 is 1.80 bits per heavy atom. The zero-order valence-corrected chi connectivity index (χ0v) is 14.0. The SMILES string of the molecule is O=C(Nc1ccc(N2CCNCC2)cc1)C1=CCc2ccccc2O1. The molecule has 0 aliphatic carbocycles. The zero-order valence-electron chi connectivity index (χ0n) is 14.0. The van der Waals surface area contributed by atoms with Crippen LogP contribution in [0.4, 0.5) is 11.4 Å². The highest BCUT2D eigenvalue weighted by atomic mass is 16.5. The van der Waals surface area contributed by atoms with Crippen molar-refractivity contribution >= 4 is 17.3 Å². The largest absolute Gasteiger partial charge is 0.452 e. The molecule has 5 heteroatoms. The Morgan fingerprint density at radius 1 is 1.04 bits per heavy atom. The summed E-state index contributed by atoms with van der Waals surface area (Å²) in [5.41, 5.74) is 3.05. The van der Waals surface area contributed by atoms with E-state index >= 15 is 0 Å². The van der Waals surface area contributed by atoms with Gasteiger partial charge < -0.3 is 20.3 Å². The van der Waals surface area contributed by atoms with Crippen molar-refractivity contribution in [1.29, 1.82) is 0 Å². The lowest BCUT2D eigenvalue weighted by atomic mass is 10.1. The lowest BCUT2D eigenvalue weighted by Crippen LogP contribution is -2.43. The van der Waals surface area contributed by atoms with Crippen molar-refractivity contribution in [2.45, 2.75) is 6.42 Å². The lowest BCUT2D eigenvalue weighted by molar-refractivity contribution is -0.114. The number of ether oxygens (including phenoxy) is 1. The molecule has 2 aliphatic rings. The Labute approximate surface area is 147 Å². The van der Waals surface area contributed by atoms with Crippen molar-refractivity contribution in [2.24, 2.45) is 0 Å². The summed E-state index contributed by atoms with van der Waals surface area (Å²) in [5, 5.41) is 6.26. The molecule has 2 heterocycles. The van der Waals surface area contributed by atoms with Gasteiger partial charge >= 0.3 is 0 Å². The molecule has 128 valence electrons. The standard InChI is InChI=1S/C20H21N3O2/c24-20(19-10-5-15-3-1-2-4-18(15)25-19)22-16-6-8-17(9-7-16)23-13-11-21-12-14-23/h1-4,6-10,21H,5,11-14H2,(H,22,24). The maximum Gasteiger partial charge on any atom is 0.291 e. The molecule has 0 spiro atoms. The maximum absolute atomic E-state index is 12.4. The van der Waals surface area contributed by atoms with Gasteiger partial charge in [-0.05, 0) is 48.4 Å². The van der Waals surface area contributed by atoms with Gasteiger partial charge in [-0.3, -0.25) is 4.79 Å². The first-order valence-electron chi connectivity index (χ1n) is 8.62. The molecule has 25 heavy (non-hydrogen) atoms. The van der Waals surface area contributed by atoms with Crippen molar-refractivity contribution in [1.82, 2.24) is 5.32 Å². The molecule has 2 aromatic rings. The van der Waals surface area contributed by atoms with Crippen molar-refractivity contribution in [3.8, 4) is 5.75 Å². The summed E-state index contributed by atoms with van der Waals surface area (Å²) in [5.74, 6) is 0.888. The number of allylic oxidation sites excluding steroid dienone is 1. The van der Waals surface area contributed by atoms with Gasteiger partial charge in [-0.25, -0.2) is 0 Å². The van der Waals surface area contributed by atoms with Crippen LogP contribution in [-0.2, 0) is 11.2 Å². The van der Waals surface area contributed by atoms with Crippen LogP contribution in [0.1, 0.15) is 5.56 Å². The Balaban J connectivity index is 1.40. The number of benzene rings is 2. The van der Waals surface area contributed by atoms with E-state index in [1.807, 2.05) is 54.6 Å². The highest BCUT2D eigenvalue weighted by Crippen LogP contribution is 2.26. The van der Waals surface area contributed by atoms with E-state index in [0.29, 0.717) is 12.2 Å². The first-order valence-corrected chi connectivity index (χ1v) is 8.62. The number of carbonyl (C=O) groups is 1. The second-order valence-electron chi connectivity index (χ2n) is 6.22. The molecule has 0 radical (unpaired) electrons. The number of fused-ring (bicyclic) bond motifs is 1. The second kappa shape index (κ2) is 6.99. The molecule has 2 aromatic carbocycles. The molecule has 0 unspecified atom stereocenters. The molecule has 1 saturated heterocycles. The fourth-order valence-corrected chi connectivity index (χ4v) is 3.15. The fourth-order valence-electron chi connectivity index (χ4n) is 3.15. The van der Waals surface area contributed by atoms with E-state index in [2.05, 4.69) is 15.5 Å². The number of nitrogens with one attached hydrogen (secondary N) is 2. The van der Waals surface area contributed by atoms with Crippen molar-refractivity contribution in [3.05, 3.63) is 65.9 Å². The minimum atomic E-state index is -0.218. The number of hydrogen-bond donors (Lipinski definition) is 2. The third kappa shape index (κ3) is 3.51. The molecule has 0 aromatic heterocycles. The van der Waals surface area contributed by atoms with E-state index in [1.165, 1.54) is 5.69 Å². The van der Waals surface area contributed by atoms with Crippen LogP contribution >= 0.6 is 0 Å². The highest BCUT2D eigenvalue weighted by molar-refractivity contribution is 6.02. The minimum absolute atomic E-state index is 0.218. The predicted octanol–water partition coefficient (Wildman–Crippen LogP) is 2.55. The van der Waals surface area contributed by atoms with Crippen LogP contribution in [-0.4, -0.2) is 32.1 Å². The van der Waals surface area contributed by atoms with Crippen LogP contribution in [0.25, 0.3) is 0 Å². The fraction of sp³-hybridized carbons (Fsp3) is 0.250. The van der Waals surface area contributed by atoms with E-state index in [4.69, 9.17) is 4.74 Å². The van der Waals surface area contributed by atoms with Gasteiger partial charge in [-0.1, -0.05) is 18.2 Å². The average molecular weight is 335 g/mol. The number of nitrogens with zero attached hydrogens (tertiary/aromatic N) is 1. The first-order chi connectivity index (χ1) is 12.3. The van der Waals surface area contributed by atoms with E-state index in [9.17, 15) is 4.79 Å². The van der Waals surface area contributed by atoms with E-state index in [0.717, 1.165) is 43.2 Å². The van der Waals surface area contributed by atoms with E-state index in [1.54, 1.807) is 0 Å². The number of hydrogen-bond acceptors (Lipinski definition) is 4. The van der Waals surface area contributed by atoms with Gasteiger partial charge in [-0.15, -0.1) is 0 Å². The normalized spacial score (nSPS) is 16.5. The Kier molecular flexibility index (Phi) is 4.39. The molecule has 2 aliphatic heterocycles. The Morgan fingerprint density at radius 3 is 2.60 bits per heavy atom. The minimum Gasteiger partial charge on any atom is -0.452 e. The van der Waals surface area contributed by atoms with Crippen LogP contribution in [0, 0.1) is 0 Å². The quantitative estimate of drug-likeness (QED) is 0.905. The third-order valence-electron chi connectivity index (χ3n) is 4.53. The summed E-state index contributed by atoms with van der Waals surface area (Å²) in [6.07, 6.45) is 2.54. The van der Waals surface area contributed by atoms with E-state index in [-0.39, 0.29) is 5.91 Å². The first kappa shape index (κ1) is 15.7. The van der Waals surface area contributed by atoms with Gasteiger partial charge in [0.25, 0.3) is 5.91 Å². The molecule has 0 atom stereocenters. The number of amides is 1. The summed E-state index contributed by atoms with van der Waals surface area (Å²) in [6, 6.07) is 15.8. The molecule has 2 N–H and O–H groups in total.